The van der Waals surface area contributed by atoms with Crippen LogP contribution in [0, 0.1) is 0 Å². The van der Waals surface area contributed by atoms with Gasteiger partial charge in [-0.2, -0.15) is 0 Å². The quantitative estimate of drug-likeness (QED) is 0.737. The summed E-state index contributed by atoms with van der Waals surface area (Å²) in [6, 6.07) is 11.6. The van der Waals surface area contributed by atoms with Crippen LogP contribution in [-0.4, -0.2) is 72.4 Å². The van der Waals surface area contributed by atoms with Crippen LogP contribution in [-0.2, 0) is 22.4 Å². The number of nitrogens with zero attached hydrogens (tertiary/aromatic N) is 2. The number of likely N-dealkylation sites (N-methyl/N-ethyl adjacent to an activating group) is 2. The molecule has 4 rings (SSSR count). The molecule has 0 saturated heterocycles. The maximum absolute atomic E-state index is 13.6. The molecular formula is C26H34N2O6. The number of hydrogen-bond acceptors (Lipinski definition) is 6. The topological polar surface area (TPSA) is 88.5 Å². The van der Waals surface area contributed by atoms with Crippen LogP contribution in [0.5, 0.6) is 17.2 Å². The first-order valence-electron chi connectivity index (χ1n) is 11.3. The molecule has 0 aromatic heterocycles. The molecular weight excluding hydrogens is 436 g/mol. The van der Waals surface area contributed by atoms with Crippen LogP contribution in [0.2, 0.25) is 0 Å². The Morgan fingerprint density at radius 1 is 1.15 bits per heavy atom. The van der Waals surface area contributed by atoms with Crippen LogP contribution in [0.4, 0.5) is 4.79 Å². The Balaban J connectivity index is 2.03. The van der Waals surface area contributed by atoms with Crippen molar-refractivity contribution in [1.29, 1.82) is 0 Å². The van der Waals surface area contributed by atoms with Gasteiger partial charge in [-0.15, -0.1) is 0 Å². The number of rotatable bonds is 3. The molecule has 4 bridgehead atoms. The van der Waals surface area contributed by atoms with Gasteiger partial charge in [-0.05, 0) is 62.6 Å². The van der Waals surface area contributed by atoms with Crippen molar-refractivity contribution in [3.05, 3.63) is 53.6 Å². The number of carbonyl (C=O) groups is 2. The van der Waals surface area contributed by atoms with Gasteiger partial charge in [0.05, 0.1) is 19.8 Å². The maximum Gasteiger partial charge on any atom is 0.410 e. The fourth-order valence-electron chi connectivity index (χ4n) is 3.83. The Morgan fingerprint density at radius 2 is 1.79 bits per heavy atom. The number of ether oxygens (including phenoxy) is 3. The minimum Gasteiger partial charge on any atom is -0.493 e. The summed E-state index contributed by atoms with van der Waals surface area (Å²) in [5, 5.41) is 10.1. The highest BCUT2D eigenvalue weighted by molar-refractivity contribution is 5.86. The predicted molar refractivity (Wildman–Crippen MR) is 128 cm³/mol. The van der Waals surface area contributed by atoms with Gasteiger partial charge in [0.15, 0.2) is 11.5 Å². The van der Waals surface area contributed by atoms with E-state index in [4.69, 9.17) is 14.2 Å². The summed E-state index contributed by atoms with van der Waals surface area (Å²) in [7, 11) is 4.79. The maximum atomic E-state index is 13.6. The van der Waals surface area contributed by atoms with Crippen molar-refractivity contribution in [3.63, 3.8) is 0 Å². The first kappa shape index (κ1) is 25.4. The van der Waals surface area contributed by atoms with Gasteiger partial charge in [-0.25, -0.2) is 4.79 Å². The number of methoxy groups -OCH3 is 1. The van der Waals surface area contributed by atoms with Crippen LogP contribution in [0.3, 0.4) is 0 Å². The Morgan fingerprint density at radius 3 is 2.38 bits per heavy atom. The van der Waals surface area contributed by atoms with Crippen LogP contribution in [0.1, 0.15) is 31.9 Å². The first-order valence-corrected chi connectivity index (χ1v) is 11.3. The number of aliphatic hydroxyl groups excluding tert-OH is 1. The minimum absolute atomic E-state index is 0.235. The molecule has 2 unspecified atom stereocenters. The van der Waals surface area contributed by atoms with Gasteiger partial charge >= 0.3 is 6.09 Å². The predicted octanol–water partition coefficient (Wildman–Crippen LogP) is 3.64. The summed E-state index contributed by atoms with van der Waals surface area (Å²) >= 11 is 0. The summed E-state index contributed by atoms with van der Waals surface area (Å²) in [6.07, 6.45) is 0.103. The van der Waals surface area contributed by atoms with Gasteiger partial charge in [-0.3, -0.25) is 9.69 Å². The Kier molecular flexibility index (Phi) is 7.71. The van der Waals surface area contributed by atoms with E-state index in [1.54, 1.807) is 48.0 Å². The zero-order chi connectivity index (χ0) is 25.0. The Bertz CT molecular complexity index is 1010. The Labute approximate surface area is 201 Å². The number of amides is 2. The van der Waals surface area contributed by atoms with E-state index in [1.165, 1.54) is 9.80 Å². The molecule has 184 valence electrons. The van der Waals surface area contributed by atoms with Crippen molar-refractivity contribution in [2.24, 2.45) is 0 Å². The van der Waals surface area contributed by atoms with Crippen molar-refractivity contribution < 1.29 is 28.9 Å². The minimum atomic E-state index is -0.810. The lowest BCUT2D eigenvalue weighted by molar-refractivity contribution is -0.138. The lowest BCUT2D eigenvalue weighted by Gasteiger charge is -2.35. The molecule has 34 heavy (non-hydrogen) atoms. The van der Waals surface area contributed by atoms with E-state index in [-0.39, 0.29) is 18.9 Å². The molecule has 2 amide bonds. The summed E-state index contributed by atoms with van der Waals surface area (Å²) in [5.74, 6) is 1.48. The highest BCUT2D eigenvalue weighted by Gasteiger charge is 2.34. The molecule has 8 nitrogen and oxygen atoms in total. The third-order valence-electron chi connectivity index (χ3n) is 5.82. The summed E-state index contributed by atoms with van der Waals surface area (Å²) in [6.45, 7) is 5.11. The molecule has 0 radical (unpaired) electrons. The highest BCUT2D eigenvalue weighted by Crippen LogP contribution is 2.33. The molecule has 8 heteroatoms. The number of hydrogen-bond donors (Lipinski definition) is 1. The normalized spacial score (nSPS) is 18.7. The van der Waals surface area contributed by atoms with Crippen LogP contribution in [0.25, 0.3) is 0 Å². The first-order chi connectivity index (χ1) is 16.0. The van der Waals surface area contributed by atoms with Gasteiger partial charge in [0, 0.05) is 20.5 Å². The second-order valence-corrected chi connectivity index (χ2v) is 9.53. The van der Waals surface area contributed by atoms with Crippen molar-refractivity contribution in [2.45, 2.75) is 51.3 Å². The molecule has 2 aliphatic rings. The second kappa shape index (κ2) is 10.3. The van der Waals surface area contributed by atoms with E-state index in [0.717, 1.165) is 11.1 Å². The third-order valence-corrected chi connectivity index (χ3v) is 5.82. The molecule has 2 atom stereocenters. The zero-order valence-corrected chi connectivity index (χ0v) is 20.7. The zero-order valence-electron chi connectivity index (χ0n) is 20.7. The SMILES string of the molecule is COc1ccc2cc1Oc1ccc(cc1)CC(N(C)C(=O)OC(C)(C)C)C(=O)N(C)C(CO)C2. The molecule has 2 aromatic carbocycles. The molecule has 0 aliphatic carbocycles. The van der Waals surface area contributed by atoms with E-state index in [2.05, 4.69) is 0 Å². The van der Waals surface area contributed by atoms with E-state index in [1.807, 2.05) is 36.4 Å². The van der Waals surface area contributed by atoms with E-state index in [9.17, 15) is 14.7 Å². The molecule has 0 saturated carbocycles. The number of aliphatic hydroxyl groups is 1. The molecule has 0 fully saturated rings. The number of fused-ring (bicyclic) bond motifs is 7. The average molecular weight is 471 g/mol. The smallest absolute Gasteiger partial charge is 0.410 e. The van der Waals surface area contributed by atoms with Crippen molar-refractivity contribution >= 4 is 12.0 Å². The van der Waals surface area contributed by atoms with Gasteiger partial charge in [0.2, 0.25) is 5.91 Å². The summed E-state index contributed by atoms with van der Waals surface area (Å²) in [5.41, 5.74) is 1.04. The fourth-order valence-corrected chi connectivity index (χ4v) is 3.83. The molecule has 2 heterocycles. The molecule has 1 N–H and O–H groups in total. The molecule has 0 spiro atoms. The van der Waals surface area contributed by atoms with E-state index in [0.29, 0.717) is 23.7 Å². The van der Waals surface area contributed by atoms with Gasteiger partial charge < -0.3 is 24.2 Å². The van der Waals surface area contributed by atoms with Crippen LogP contribution < -0.4 is 9.47 Å². The number of carbonyl (C=O) groups excluding carboxylic acids is 2. The van der Waals surface area contributed by atoms with Crippen LogP contribution in [0.15, 0.2) is 42.5 Å². The summed E-state index contributed by atoms with van der Waals surface area (Å²) in [4.78, 5) is 29.3. The van der Waals surface area contributed by atoms with Crippen molar-refractivity contribution in [3.8, 4) is 17.2 Å². The second-order valence-electron chi connectivity index (χ2n) is 9.53. The standard InChI is InChI=1S/C26H34N2O6/c1-26(2,3)34-25(31)28(5)21-14-17-7-10-20(11-8-17)33-23-15-18(9-12-22(23)32-6)13-19(16-29)27(4)24(21)30/h7-12,15,19,21,29H,13-14,16H2,1-6H3. The van der Waals surface area contributed by atoms with Crippen LogP contribution >= 0.6 is 0 Å². The van der Waals surface area contributed by atoms with Gasteiger partial charge in [-0.1, -0.05) is 18.2 Å². The lowest BCUT2D eigenvalue weighted by atomic mass is 10.0. The average Bonchev–Trinajstić information content (AvgIpc) is 2.79. The van der Waals surface area contributed by atoms with Crippen molar-refractivity contribution in [1.82, 2.24) is 9.80 Å². The van der Waals surface area contributed by atoms with Gasteiger partial charge in [0.25, 0.3) is 0 Å². The van der Waals surface area contributed by atoms with Gasteiger partial charge in [0.1, 0.15) is 17.4 Å². The van der Waals surface area contributed by atoms with Crippen molar-refractivity contribution in [2.75, 3.05) is 27.8 Å². The Hall–Kier alpha value is -3.26. The summed E-state index contributed by atoms with van der Waals surface area (Å²) < 4.78 is 17.0. The monoisotopic (exact) mass is 470 g/mol. The van der Waals surface area contributed by atoms with E-state index < -0.39 is 23.8 Å². The lowest BCUT2D eigenvalue weighted by Crippen LogP contribution is -2.53. The molecule has 2 aliphatic heterocycles. The highest BCUT2D eigenvalue weighted by atomic mass is 16.6. The number of benzene rings is 2. The third kappa shape index (κ3) is 5.99. The van der Waals surface area contributed by atoms with E-state index >= 15 is 0 Å². The largest absolute Gasteiger partial charge is 0.493 e. The molecule has 2 aromatic rings. The fraction of sp³-hybridized carbons (Fsp3) is 0.462.